The van der Waals surface area contributed by atoms with Gasteiger partial charge in [0, 0.05) is 18.0 Å². The third-order valence-corrected chi connectivity index (χ3v) is 2.95. The van der Waals surface area contributed by atoms with Gasteiger partial charge in [0.25, 0.3) is 5.91 Å². The number of aromatic nitrogens is 5. The van der Waals surface area contributed by atoms with Gasteiger partial charge in [-0.05, 0) is 18.2 Å². The van der Waals surface area contributed by atoms with Crippen LogP contribution in [0.25, 0.3) is 10.9 Å². The number of amides is 1. The summed E-state index contributed by atoms with van der Waals surface area (Å²) in [5.41, 5.74) is 6.96. The Bertz CT molecular complexity index is 864. The van der Waals surface area contributed by atoms with Gasteiger partial charge in [-0.1, -0.05) is 0 Å². The van der Waals surface area contributed by atoms with Crippen molar-refractivity contribution in [1.82, 2.24) is 24.8 Å². The van der Waals surface area contributed by atoms with Crippen molar-refractivity contribution in [2.75, 3.05) is 11.1 Å². The second-order valence-electron chi connectivity index (χ2n) is 4.71. The summed E-state index contributed by atoms with van der Waals surface area (Å²) in [6.45, 7) is 1.27. The number of anilines is 2. The lowest BCUT2D eigenvalue weighted by Gasteiger charge is -2.02. The van der Waals surface area contributed by atoms with E-state index in [1.54, 1.807) is 24.4 Å². The van der Waals surface area contributed by atoms with Crippen molar-refractivity contribution in [1.29, 1.82) is 0 Å². The number of hydrogen-bond donors (Lipinski definition) is 2. The maximum atomic E-state index is 12.3. The number of rotatable bonds is 3. The van der Waals surface area contributed by atoms with E-state index in [1.807, 2.05) is 0 Å². The lowest BCUT2D eigenvalue weighted by Crippen LogP contribution is -2.20. The largest absolute Gasteiger partial charge is 0.399 e. The number of benzene rings is 1. The second kappa shape index (κ2) is 5.28. The first kappa shape index (κ1) is 13.7. The number of carbonyl (C=O) groups excluding carboxylic acids is 2. The van der Waals surface area contributed by atoms with E-state index < -0.39 is 0 Å². The molecule has 22 heavy (non-hydrogen) atoms. The molecule has 3 N–H and O–H groups in total. The third kappa shape index (κ3) is 2.64. The van der Waals surface area contributed by atoms with Gasteiger partial charge in [0.15, 0.2) is 5.82 Å². The predicted molar refractivity (Wildman–Crippen MR) is 79.1 cm³/mol. The van der Waals surface area contributed by atoms with Crippen LogP contribution in [-0.4, -0.2) is 36.6 Å². The Morgan fingerprint density at radius 1 is 1.27 bits per heavy atom. The highest BCUT2D eigenvalue weighted by atomic mass is 16.2. The SMILES string of the molecule is CC(=O)Nc1cnn(CC(=O)n2ncc3cc(N)ccc32)n1. The Balaban J connectivity index is 1.81. The summed E-state index contributed by atoms with van der Waals surface area (Å²) in [5, 5.41) is 15.2. The fourth-order valence-electron chi connectivity index (χ4n) is 2.05. The molecule has 3 rings (SSSR count). The fourth-order valence-corrected chi connectivity index (χ4v) is 2.05. The van der Waals surface area contributed by atoms with Crippen LogP contribution in [0.1, 0.15) is 11.7 Å². The minimum Gasteiger partial charge on any atom is -0.399 e. The summed E-state index contributed by atoms with van der Waals surface area (Å²) in [6.07, 6.45) is 2.94. The lowest BCUT2D eigenvalue weighted by molar-refractivity contribution is -0.114. The van der Waals surface area contributed by atoms with Crippen molar-refractivity contribution >= 4 is 34.2 Å². The average Bonchev–Trinajstić information content (AvgIpc) is 3.04. The minimum atomic E-state index is -0.301. The molecule has 0 unspecified atom stereocenters. The monoisotopic (exact) mass is 299 g/mol. The molecule has 2 aromatic heterocycles. The molecule has 0 fully saturated rings. The molecule has 3 aromatic rings. The summed E-state index contributed by atoms with van der Waals surface area (Å²) in [4.78, 5) is 24.4. The normalized spacial score (nSPS) is 10.8. The summed E-state index contributed by atoms with van der Waals surface area (Å²) >= 11 is 0. The van der Waals surface area contributed by atoms with Gasteiger partial charge >= 0.3 is 0 Å². The molecule has 9 heteroatoms. The first-order valence-corrected chi connectivity index (χ1v) is 6.47. The molecule has 0 saturated carbocycles. The van der Waals surface area contributed by atoms with E-state index in [0.717, 1.165) is 5.39 Å². The van der Waals surface area contributed by atoms with Gasteiger partial charge in [-0.25, -0.2) is 0 Å². The topological polar surface area (TPSA) is 121 Å². The molecular weight excluding hydrogens is 286 g/mol. The molecule has 9 nitrogen and oxygen atoms in total. The van der Waals surface area contributed by atoms with E-state index in [1.165, 1.54) is 22.6 Å². The van der Waals surface area contributed by atoms with E-state index >= 15 is 0 Å². The number of fused-ring (bicyclic) bond motifs is 1. The van der Waals surface area contributed by atoms with E-state index in [4.69, 9.17) is 5.73 Å². The highest BCUT2D eigenvalue weighted by molar-refractivity contribution is 5.92. The maximum absolute atomic E-state index is 12.3. The second-order valence-corrected chi connectivity index (χ2v) is 4.71. The number of hydrogen-bond acceptors (Lipinski definition) is 6. The van der Waals surface area contributed by atoms with Crippen LogP contribution in [0.15, 0.2) is 30.6 Å². The lowest BCUT2D eigenvalue weighted by atomic mass is 10.2. The van der Waals surface area contributed by atoms with Crippen LogP contribution in [0.3, 0.4) is 0 Å². The standard InChI is InChI=1S/C13H13N7O2/c1-8(21)17-12-6-15-19(18-12)7-13(22)20-11-3-2-10(14)4-9(11)5-16-20/h2-6H,7,14H2,1H3,(H,17,18,21). The fraction of sp³-hybridized carbons (Fsp3) is 0.154. The molecule has 112 valence electrons. The van der Waals surface area contributed by atoms with Crippen molar-refractivity contribution in [3.8, 4) is 0 Å². The van der Waals surface area contributed by atoms with E-state index in [0.29, 0.717) is 17.0 Å². The van der Waals surface area contributed by atoms with Gasteiger partial charge in [0.05, 0.1) is 17.9 Å². The number of nitrogens with one attached hydrogen (secondary N) is 1. The molecule has 1 amide bonds. The smallest absolute Gasteiger partial charge is 0.270 e. The Morgan fingerprint density at radius 3 is 2.86 bits per heavy atom. The quantitative estimate of drug-likeness (QED) is 0.680. The maximum Gasteiger partial charge on any atom is 0.270 e. The highest BCUT2D eigenvalue weighted by Gasteiger charge is 2.13. The van der Waals surface area contributed by atoms with Crippen molar-refractivity contribution < 1.29 is 9.59 Å². The average molecular weight is 299 g/mol. The van der Waals surface area contributed by atoms with Gasteiger partial charge in [0.1, 0.15) is 6.54 Å². The molecule has 0 saturated heterocycles. The zero-order chi connectivity index (χ0) is 15.7. The first-order valence-electron chi connectivity index (χ1n) is 6.47. The Hall–Kier alpha value is -3.23. The summed E-state index contributed by atoms with van der Waals surface area (Å²) in [6, 6.07) is 5.18. The predicted octanol–water partition coefficient (Wildman–Crippen LogP) is 0.509. The van der Waals surface area contributed by atoms with Crippen LogP contribution in [0.2, 0.25) is 0 Å². The number of nitrogen functional groups attached to an aromatic ring is 1. The van der Waals surface area contributed by atoms with Crippen molar-refractivity contribution in [2.24, 2.45) is 0 Å². The molecule has 0 aliphatic heterocycles. The van der Waals surface area contributed by atoms with Crippen molar-refractivity contribution in [2.45, 2.75) is 13.5 Å². The molecule has 2 heterocycles. The van der Waals surface area contributed by atoms with Gasteiger partial charge in [-0.3, -0.25) is 9.59 Å². The van der Waals surface area contributed by atoms with Crippen LogP contribution in [-0.2, 0) is 11.3 Å². The Labute approximate surface area is 124 Å². The number of carbonyl (C=O) groups is 2. The zero-order valence-corrected chi connectivity index (χ0v) is 11.7. The molecule has 0 atom stereocenters. The number of nitrogens with two attached hydrogens (primary N) is 1. The molecule has 0 aliphatic rings. The third-order valence-electron chi connectivity index (χ3n) is 2.95. The minimum absolute atomic E-state index is 0.0965. The van der Waals surface area contributed by atoms with Gasteiger partial charge in [-0.2, -0.15) is 19.7 Å². The van der Waals surface area contributed by atoms with Gasteiger partial charge in [0.2, 0.25) is 5.91 Å². The van der Waals surface area contributed by atoms with Crippen molar-refractivity contribution in [3.63, 3.8) is 0 Å². The molecular formula is C13H13N7O2. The van der Waals surface area contributed by atoms with Crippen LogP contribution in [0, 0.1) is 0 Å². The number of nitrogens with zero attached hydrogens (tertiary/aromatic N) is 5. The van der Waals surface area contributed by atoms with Crippen LogP contribution in [0.4, 0.5) is 11.5 Å². The van der Waals surface area contributed by atoms with Gasteiger partial charge < -0.3 is 11.1 Å². The molecule has 0 aliphatic carbocycles. The van der Waals surface area contributed by atoms with Gasteiger partial charge in [-0.15, -0.1) is 5.10 Å². The molecule has 1 aromatic carbocycles. The molecule has 0 radical (unpaired) electrons. The highest BCUT2D eigenvalue weighted by Crippen LogP contribution is 2.16. The Kier molecular flexibility index (Phi) is 3.30. The summed E-state index contributed by atoms with van der Waals surface area (Å²) < 4.78 is 1.27. The van der Waals surface area contributed by atoms with Crippen LogP contribution < -0.4 is 11.1 Å². The first-order chi connectivity index (χ1) is 10.5. The zero-order valence-electron chi connectivity index (χ0n) is 11.7. The van der Waals surface area contributed by atoms with Crippen LogP contribution >= 0.6 is 0 Å². The van der Waals surface area contributed by atoms with E-state index in [-0.39, 0.29) is 18.4 Å². The van der Waals surface area contributed by atoms with Crippen molar-refractivity contribution in [3.05, 3.63) is 30.6 Å². The summed E-state index contributed by atoms with van der Waals surface area (Å²) in [7, 11) is 0. The summed E-state index contributed by atoms with van der Waals surface area (Å²) in [5.74, 6) is -0.267. The van der Waals surface area contributed by atoms with E-state index in [2.05, 4.69) is 20.6 Å². The molecule has 0 bridgehead atoms. The van der Waals surface area contributed by atoms with Crippen LogP contribution in [0.5, 0.6) is 0 Å². The Morgan fingerprint density at radius 2 is 2.09 bits per heavy atom. The molecule has 0 spiro atoms. The van der Waals surface area contributed by atoms with E-state index in [9.17, 15) is 9.59 Å².